The van der Waals surface area contributed by atoms with Crippen LogP contribution in [-0.4, -0.2) is 55.3 Å². The summed E-state index contributed by atoms with van der Waals surface area (Å²) < 4.78 is 28.7. The van der Waals surface area contributed by atoms with E-state index in [-0.39, 0.29) is 30.0 Å². The molecule has 1 aromatic carbocycles. The maximum atomic E-state index is 12.1. The topological polar surface area (TPSA) is 92.5 Å². The average Bonchev–Trinajstić information content (AvgIpc) is 3.10. The van der Waals surface area contributed by atoms with Crippen LogP contribution in [0.2, 0.25) is 0 Å². The zero-order valence-electron chi connectivity index (χ0n) is 14.9. The molecule has 1 atom stereocenters. The highest BCUT2D eigenvalue weighted by Gasteiger charge is 2.29. The molecule has 0 saturated carbocycles. The van der Waals surface area contributed by atoms with Crippen molar-refractivity contribution in [3.63, 3.8) is 0 Å². The Kier molecular flexibility index (Phi) is 5.43. The molecule has 8 heteroatoms. The van der Waals surface area contributed by atoms with Crippen LogP contribution in [0.5, 0.6) is 0 Å². The lowest BCUT2D eigenvalue weighted by Crippen LogP contribution is -2.41. The van der Waals surface area contributed by atoms with Crippen LogP contribution >= 0.6 is 0 Å². The van der Waals surface area contributed by atoms with E-state index in [9.17, 15) is 13.2 Å². The Bertz CT molecular complexity index is 877. The number of aromatic nitrogens is 1. The Morgan fingerprint density at radius 3 is 2.73 bits per heavy atom. The number of hydrogen-bond donors (Lipinski definition) is 1. The molecule has 0 bridgehead atoms. The molecular formula is C18H23N3O4S. The summed E-state index contributed by atoms with van der Waals surface area (Å²) in [6.45, 7) is 2.49. The van der Waals surface area contributed by atoms with Gasteiger partial charge in [-0.15, -0.1) is 0 Å². The Hall–Kier alpha value is -2.19. The molecule has 1 saturated heterocycles. The molecule has 1 aliphatic rings. The van der Waals surface area contributed by atoms with E-state index in [2.05, 4.69) is 10.3 Å². The fourth-order valence-corrected chi connectivity index (χ4v) is 4.69. The van der Waals surface area contributed by atoms with Crippen LogP contribution in [-0.2, 0) is 21.2 Å². The Morgan fingerprint density at radius 1 is 1.35 bits per heavy atom. The molecule has 1 unspecified atom stereocenters. The summed E-state index contributed by atoms with van der Waals surface area (Å²) in [6, 6.07) is 9.37. The second-order valence-electron chi connectivity index (χ2n) is 6.73. The largest absolute Gasteiger partial charge is 0.441 e. The zero-order chi connectivity index (χ0) is 18.7. The van der Waals surface area contributed by atoms with Gasteiger partial charge < -0.3 is 9.73 Å². The number of benzene rings is 1. The van der Waals surface area contributed by atoms with Gasteiger partial charge in [-0.1, -0.05) is 18.2 Å². The lowest BCUT2D eigenvalue weighted by molar-refractivity contribution is -0.122. The molecule has 0 aliphatic carbocycles. The summed E-state index contributed by atoms with van der Waals surface area (Å²) in [6.07, 6.45) is 0.487. The van der Waals surface area contributed by atoms with Crippen LogP contribution in [0.3, 0.4) is 0 Å². The molecule has 0 spiro atoms. The number of sulfone groups is 1. The minimum atomic E-state index is -3.00. The van der Waals surface area contributed by atoms with Gasteiger partial charge in [0, 0.05) is 18.2 Å². The number of oxazole rings is 1. The van der Waals surface area contributed by atoms with Crippen molar-refractivity contribution in [1.29, 1.82) is 0 Å². The van der Waals surface area contributed by atoms with E-state index in [4.69, 9.17) is 4.42 Å². The van der Waals surface area contributed by atoms with E-state index in [1.165, 1.54) is 0 Å². The third-order valence-electron chi connectivity index (χ3n) is 4.34. The van der Waals surface area contributed by atoms with E-state index in [1.54, 1.807) is 0 Å². The summed E-state index contributed by atoms with van der Waals surface area (Å²) in [4.78, 5) is 18.5. The molecule has 1 fully saturated rings. The second-order valence-corrected chi connectivity index (χ2v) is 8.96. The summed E-state index contributed by atoms with van der Waals surface area (Å²) in [5.41, 5.74) is 1.69. The van der Waals surface area contributed by atoms with Gasteiger partial charge in [-0.25, -0.2) is 13.4 Å². The fraction of sp³-hybridized carbons (Fsp3) is 0.444. The molecule has 26 heavy (non-hydrogen) atoms. The van der Waals surface area contributed by atoms with Gasteiger partial charge in [0.2, 0.25) is 11.8 Å². The average molecular weight is 377 g/mol. The molecule has 3 rings (SSSR count). The van der Waals surface area contributed by atoms with Gasteiger partial charge in [0.05, 0.1) is 23.7 Å². The number of carbonyl (C=O) groups is 1. The number of amides is 1. The van der Waals surface area contributed by atoms with E-state index >= 15 is 0 Å². The summed E-state index contributed by atoms with van der Waals surface area (Å²) >= 11 is 0. The van der Waals surface area contributed by atoms with Crippen LogP contribution in [0.25, 0.3) is 11.5 Å². The normalized spacial score (nSPS) is 19.0. The summed E-state index contributed by atoms with van der Waals surface area (Å²) in [5, 5.41) is 2.79. The van der Waals surface area contributed by atoms with Crippen molar-refractivity contribution in [1.82, 2.24) is 15.2 Å². The lowest BCUT2D eigenvalue weighted by atomic mass is 10.2. The Labute approximate surface area is 153 Å². The standard InChI is InChI=1S/C18H23N3O4S/c1-13-16(20-18(25-13)14-6-4-3-5-7-14)10-21(2)11-17(22)19-15-8-9-26(23,24)12-15/h3-7,15H,8-12H2,1-2H3,(H,19,22). The van der Waals surface area contributed by atoms with Crippen molar-refractivity contribution in [2.24, 2.45) is 0 Å². The first kappa shape index (κ1) is 18.6. The first-order valence-corrected chi connectivity index (χ1v) is 10.3. The number of aryl methyl sites for hydroxylation is 1. The third kappa shape index (κ3) is 4.70. The van der Waals surface area contributed by atoms with Gasteiger partial charge in [0.15, 0.2) is 9.84 Å². The van der Waals surface area contributed by atoms with Crippen LogP contribution in [0.15, 0.2) is 34.7 Å². The summed E-state index contributed by atoms with van der Waals surface area (Å²) in [5.74, 6) is 1.28. The zero-order valence-corrected chi connectivity index (χ0v) is 15.8. The van der Waals surface area contributed by atoms with Crippen molar-refractivity contribution in [2.45, 2.75) is 25.9 Å². The SMILES string of the molecule is Cc1oc(-c2ccccc2)nc1CN(C)CC(=O)NC1CCS(=O)(=O)C1. The van der Waals surface area contributed by atoms with Crippen LogP contribution in [0, 0.1) is 6.92 Å². The van der Waals surface area contributed by atoms with Crippen molar-refractivity contribution in [3.8, 4) is 11.5 Å². The van der Waals surface area contributed by atoms with E-state index < -0.39 is 9.84 Å². The smallest absolute Gasteiger partial charge is 0.234 e. The van der Waals surface area contributed by atoms with Crippen LogP contribution in [0.4, 0.5) is 0 Å². The van der Waals surface area contributed by atoms with E-state index in [1.807, 2.05) is 49.2 Å². The highest BCUT2D eigenvalue weighted by molar-refractivity contribution is 7.91. The first-order valence-electron chi connectivity index (χ1n) is 8.52. The van der Waals surface area contributed by atoms with Crippen molar-refractivity contribution in [2.75, 3.05) is 25.1 Å². The highest BCUT2D eigenvalue weighted by Crippen LogP contribution is 2.22. The quantitative estimate of drug-likeness (QED) is 0.818. The first-order chi connectivity index (χ1) is 12.3. The molecule has 1 aliphatic heterocycles. The van der Waals surface area contributed by atoms with Crippen molar-refractivity contribution < 1.29 is 17.6 Å². The third-order valence-corrected chi connectivity index (χ3v) is 6.11. The molecule has 0 radical (unpaired) electrons. The lowest BCUT2D eigenvalue weighted by Gasteiger charge is -2.17. The molecule has 2 aromatic rings. The Morgan fingerprint density at radius 2 is 2.08 bits per heavy atom. The number of nitrogens with one attached hydrogen (secondary N) is 1. The van der Waals surface area contributed by atoms with Crippen LogP contribution < -0.4 is 5.32 Å². The minimum Gasteiger partial charge on any atom is -0.441 e. The van der Waals surface area contributed by atoms with Crippen molar-refractivity contribution >= 4 is 15.7 Å². The highest BCUT2D eigenvalue weighted by atomic mass is 32.2. The van der Waals surface area contributed by atoms with Crippen molar-refractivity contribution in [3.05, 3.63) is 41.8 Å². The van der Waals surface area contributed by atoms with Gasteiger partial charge in [0.25, 0.3) is 0 Å². The molecule has 140 valence electrons. The maximum Gasteiger partial charge on any atom is 0.234 e. The van der Waals surface area contributed by atoms with E-state index in [0.29, 0.717) is 18.9 Å². The monoisotopic (exact) mass is 377 g/mol. The molecule has 1 N–H and O–H groups in total. The Balaban J connectivity index is 1.56. The van der Waals surface area contributed by atoms with E-state index in [0.717, 1.165) is 17.0 Å². The number of nitrogens with zero attached hydrogens (tertiary/aromatic N) is 2. The van der Waals surface area contributed by atoms with Gasteiger partial charge in [0.1, 0.15) is 5.76 Å². The number of carbonyl (C=O) groups excluding carboxylic acids is 1. The molecule has 2 heterocycles. The molecular weight excluding hydrogens is 354 g/mol. The number of hydrogen-bond acceptors (Lipinski definition) is 6. The number of rotatable bonds is 6. The van der Waals surface area contributed by atoms with Gasteiger partial charge in [-0.05, 0) is 32.5 Å². The summed E-state index contributed by atoms with van der Waals surface area (Å²) in [7, 11) is -1.18. The predicted octanol–water partition coefficient (Wildman–Crippen LogP) is 1.39. The molecule has 1 aromatic heterocycles. The van der Waals surface area contributed by atoms with Gasteiger partial charge in [-0.2, -0.15) is 0 Å². The van der Waals surface area contributed by atoms with Crippen LogP contribution in [0.1, 0.15) is 17.9 Å². The second kappa shape index (κ2) is 7.59. The fourth-order valence-electron chi connectivity index (χ4n) is 3.02. The van der Waals surface area contributed by atoms with Gasteiger partial charge in [-0.3, -0.25) is 9.69 Å². The maximum absolute atomic E-state index is 12.1. The molecule has 1 amide bonds. The predicted molar refractivity (Wildman–Crippen MR) is 98.2 cm³/mol. The van der Waals surface area contributed by atoms with Gasteiger partial charge >= 0.3 is 0 Å². The molecule has 7 nitrogen and oxygen atoms in total. The number of likely N-dealkylation sites (N-methyl/N-ethyl adjacent to an activating group) is 1. The minimum absolute atomic E-state index is 0.0330.